The van der Waals surface area contributed by atoms with Crippen molar-refractivity contribution in [3.8, 4) is 0 Å². The van der Waals surface area contributed by atoms with Crippen LogP contribution in [0.1, 0.15) is 0 Å². The average Bonchev–Trinajstić information content (AvgIpc) is 2.97. The van der Waals surface area contributed by atoms with Crippen molar-refractivity contribution in [3.05, 3.63) is 133 Å². The molecule has 0 aliphatic rings. The molecule has 0 spiro atoms. The Morgan fingerprint density at radius 3 is 1.18 bits per heavy atom. The monoisotopic (exact) mass is 484 g/mol. The highest BCUT2D eigenvalue weighted by Gasteiger charge is 2.14. The third-order valence-corrected chi connectivity index (χ3v) is 7.72. The van der Waals surface area contributed by atoms with Gasteiger partial charge in [-0.05, 0) is 79.5 Å². The Bertz CT molecular complexity index is 1990. The fourth-order valence-electron chi connectivity index (χ4n) is 5.86. The largest absolute Gasteiger partial charge is 0.355 e. The van der Waals surface area contributed by atoms with Gasteiger partial charge in [0.05, 0.1) is 0 Å². The maximum atomic E-state index is 3.71. The summed E-state index contributed by atoms with van der Waals surface area (Å²) in [6.45, 7) is 0. The van der Waals surface area contributed by atoms with Crippen LogP contribution in [0.2, 0.25) is 0 Å². The second-order valence-corrected chi connectivity index (χ2v) is 10.0. The van der Waals surface area contributed by atoms with Crippen molar-refractivity contribution in [1.82, 2.24) is 0 Å². The molecule has 0 radical (unpaired) electrons. The fraction of sp³-hybridized carbons (Fsp3) is 0. The Labute approximate surface area is 220 Å². The van der Waals surface area contributed by atoms with Gasteiger partial charge >= 0.3 is 0 Å². The summed E-state index contributed by atoms with van der Waals surface area (Å²) in [5, 5.41) is 20.0. The lowest BCUT2D eigenvalue weighted by atomic mass is 9.92. The zero-order chi connectivity index (χ0) is 25.1. The van der Waals surface area contributed by atoms with Crippen LogP contribution in [-0.4, -0.2) is 0 Å². The maximum absolute atomic E-state index is 3.71. The molecule has 2 nitrogen and oxygen atoms in total. The molecule has 0 aliphatic heterocycles. The molecule has 0 amide bonds. The molecule has 0 aliphatic carbocycles. The summed E-state index contributed by atoms with van der Waals surface area (Å²) in [6.07, 6.45) is 0. The van der Waals surface area contributed by atoms with Gasteiger partial charge in [0.2, 0.25) is 0 Å². The first kappa shape index (κ1) is 21.0. The summed E-state index contributed by atoms with van der Waals surface area (Å²) in [7, 11) is 0. The Morgan fingerprint density at radius 1 is 0.316 bits per heavy atom. The molecule has 8 aromatic carbocycles. The number of hydrogen-bond acceptors (Lipinski definition) is 2. The van der Waals surface area contributed by atoms with Crippen LogP contribution in [0.25, 0.3) is 53.9 Å². The van der Waals surface area contributed by atoms with Gasteiger partial charge in [-0.25, -0.2) is 0 Å². The van der Waals surface area contributed by atoms with Crippen molar-refractivity contribution in [1.29, 1.82) is 0 Å². The van der Waals surface area contributed by atoms with Gasteiger partial charge in [-0.2, -0.15) is 0 Å². The van der Waals surface area contributed by atoms with Crippen LogP contribution in [0.3, 0.4) is 0 Å². The highest BCUT2D eigenvalue weighted by molar-refractivity contribution is 6.27. The number of fused-ring (bicyclic) bond motifs is 2. The van der Waals surface area contributed by atoms with E-state index in [4.69, 9.17) is 0 Å². The predicted molar refractivity (Wildman–Crippen MR) is 165 cm³/mol. The molecule has 38 heavy (non-hydrogen) atoms. The van der Waals surface area contributed by atoms with E-state index < -0.39 is 0 Å². The summed E-state index contributed by atoms with van der Waals surface area (Å²) in [5.74, 6) is 0. The van der Waals surface area contributed by atoms with Crippen LogP contribution >= 0.6 is 0 Å². The predicted octanol–water partition coefficient (Wildman–Crippen LogP) is 10.4. The lowest BCUT2D eigenvalue weighted by Gasteiger charge is -2.18. The van der Waals surface area contributed by atoms with Crippen LogP contribution in [0.15, 0.2) is 133 Å². The van der Waals surface area contributed by atoms with Gasteiger partial charge in [0.25, 0.3) is 0 Å². The van der Waals surface area contributed by atoms with Crippen molar-refractivity contribution < 1.29 is 0 Å². The molecular formula is C36H24N2. The number of benzene rings is 8. The minimum atomic E-state index is 1.09. The Balaban J connectivity index is 1.26. The van der Waals surface area contributed by atoms with E-state index in [2.05, 4.69) is 144 Å². The summed E-state index contributed by atoms with van der Waals surface area (Å²) < 4.78 is 0. The Kier molecular flexibility index (Phi) is 4.55. The second kappa shape index (κ2) is 8.22. The minimum absolute atomic E-state index is 1.09. The number of rotatable bonds is 4. The van der Waals surface area contributed by atoms with E-state index in [0.717, 1.165) is 22.7 Å². The number of hydrogen-bond donors (Lipinski definition) is 2. The zero-order valence-corrected chi connectivity index (χ0v) is 20.7. The van der Waals surface area contributed by atoms with Crippen molar-refractivity contribution >= 4 is 76.6 Å². The van der Waals surface area contributed by atoms with Crippen molar-refractivity contribution in [2.75, 3.05) is 10.6 Å². The Hall–Kier alpha value is -5.08. The molecule has 0 atom stereocenters. The summed E-state index contributed by atoms with van der Waals surface area (Å²) >= 11 is 0. The van der Waals surface area contributed by atoms with Gasteiger partial charge in [-0.15, -0.1) is 0 Å². The van der Waals surface area contributed by atoms with E-state index in [9.17, 15) is 0 Å². The SMILES string of the molecule is c1ccc2cc(Nc3ccc4ccc5ccc(Nc6ccc7ccccc7c6)c6ccc3c4c56)ccc2c1. The highest BCUT2D eigenvalue weighted by Crippen LogP contribution is 2.41. The standard InChI is InChI=1S/C36H24N2/c1-3-7-27-21-29(15-11-23(27)5-1)37-33-19-13-25-9-10-26-14-20-34(32-18-17-31(33)35(25)36(26)32)38-30-16-12-24-6-2-4-8-28(24)22-30/h1-22,37-38H. The lowest BCUT2D eigenvalue weighted by molar-refractivity contribution is 1.60. The molecule has 0 bridgehead atoms. The van der Waals surface area contributed by atoms with E-state index in [1.54, 1.807) is 0 Å². The molecule has 2 heteroatoms. The van der Waals surface area contributed by atoms with Crippen LogP contribution in [0.5, 0.6) is 0 Å². The molecule has 0 aromatic heterocycles. The summed E-state index contributed by atoms with van der Waals surface area (Å²) in [6, 6.07) is 47.9. The Morgan fingerprint density at radius 2 is 0.711 bits per heavy atom. The van der Waals surface area contributed by atoms with Crippen molar-refractivity contribution in [2.45, 2.75) is 0 Å². The third kappa shape index (κ3) is 3.35. The van der Waals surface area contributed by atoms with E-state index in [1.165, 1.54) is 53.9 Å². The first-order chi connectivity index (χ1) is 18.8. The van der Waals surface area contributed by atoms with E-state index in [0.29, 0.717) is 0 Å². The molecule has 0 fully saturated rings. The van der Waals surface area contributed by atoms with Gasteiger partial charge in [0.15, 0.2) is 0 Å². The van der Waals surface area contributed by atoms with Gasteiger partial charge in [-0.1, -0.05) is 97.1 Å². The number of nitrogens with one attached hydrogen (secondary N) is 2. The van der Waals surface area contributed by atoms with Crippen molar-refractivity contribution in [3.63, 3.8) is 0 Å². The maximum Gasteiger partial charge on any atom is 0.0464 e. The van der Waals surface area contributed by atoms with Gasteiger partial charge < -0.3 is 10.6 Å². The molecule has 0 unspecified atom stereocenters. The van der Waals surface area contributed by atoms with Crippen LogP contribution < -0.4 is 10.6 Å². The highest BCUT2D eigenvalue weighted by atomic mass is 14.9. The number of anilines is 4. The second-order valence-electron chi connectivity index (χ2n) is 10.0. The average molecular weight is 485 g/mol. The first-order valence-electron chi connectivity index (χ1n) is 13.0. The molecule has 178 valence electrons. The zero-order valence-electron chi connectivity index (χ0n) is 20.7. The fourth-order valence-corrected chi connectivity index (χ4v) is 5.86. The summed E-state index contributed by atoms with van der Waals surface area (Å²) in [5.41, 5.74) is 4.43. The smallest absolute Gasteiger partial charge is 0.0464 e. The molecule has 8 rings (SSSR count). The molecule has 0 heterocycles. The van der Waals surface area contributed by atoms with Gasteiger partial charge in [-0.3, -0.25) is 0 Å². The van der Waals surface area contributed by atoms with E-state index >= 15 is 0 Å². The lowest BCUT2D eigenvalue weighted by Crippen LogP contribution is -1.95. The summed E-state index contributed by atoms with van der Waals surface area (Å²) in [4.78, 5) is 0. The molecule has 0 saturated heterocycles. The topological polar surface area (TPSA) is 24.1 Å². The molecular weight excluding hydrogens is 460 g/mol. The van der Waals surface area contributed by atoms with Crippen LogP contribution in [0, 0.1) is 0 Å². The molecule has 2 N–H and O–H groups in total. The molecule has 8 aromatic rings. The minimum Gasteiger partial charge on any atom is -0.355 e. The molecule has 0 saturated carbocycles. The van der Waals surface area contributed by atoms with E-state index in [1.807, 2.05) is 0 Å². The third-order valence-electron chi connectivity index (χ3n) is 7.72. The van der Waals surface area contributed by atoms with Gasteiger partial charge in [0, 0.05) is 33.5 Å². The first-order valence-corrected chi connectivity index (χ1v) is 13.0. The van der Waals surface area contributed by atoms with Crippen LogP contribution in [-0.2, 0) is 0 Å². The van der Waals surface area contributed by atoms with E-state index in [-0.39, 0.29) is 0 Å². The van der Waals surface area contributed by atoms with Gasteiger partial charge in [0.1, 0.15) is 0 Å². The normalized spacial score (nSPS) is 11.7. The quantitative estimate of drug-likeness (QED) is 0.243. The van der Waals surface area contributed by atoms with Crippen LogP contribution in [0.4, 0.5) is 22.7 Å². The van der Waals surface area contributed by atoms with Crippen molar-refractivity contribution in [2.24, 2.45) is 0 Å².